The second-order valence-corrected chi connectivity index (χ2v) is 4.07. The number of benzene rings is 2. The second kappa shape index (κ2) is 3.98. The molecule has 0 atom stereocenters. The molecular weight excluding hydrogens is 208 g/mol. The molecule has 0 radical (unpaired) electrons. The van der Waals surface area contributed by atoms with Crippen LogP contribution in [0.2, 0.25) is 0 Å². The number of hydrogen-bond acceptors (Lipinski definition) is 2. The molecule has 2 heteroatoms. The molecule has 0 amide bonds. The van der Waals surface area contributed by atoms with Crippen LogP contribution in [0.5, 0.6) is 0 Å². The summed E-state index contributed by atoms with van der Waals surface area (Å²) in [6.45, 7) is 2.07. The first kappa shape index (κ1) is 9.97. The summed E-state index contributed by atoms with van der Waals surface area (Å²) < 4.78 is 0. The van der Waals surface area contributed by atoms with Crippen LogP contribution < -0.4 is 0 Å². The third-order valence-corrected chi connectivity index (χ3v) is 2.84. The van der Waals surface area contributed by atoms with Crippen molar-refractivity contribution in [2.45, 2.75) is 6.92 Å². The molecule has 82 valence electrons. The second-order valence-electron chi connectivity index (χ2n) is 4.07. The van der Waals surface area contributed by atoms with E-state index in [0.29, 0.717) is 0 Å². The normalized spacial score (nSPS) is 10.6. The van der Waals surface area contributed by atoms with Crippen LogP contribution in [-0.2, 0) is 0 Å². The smallest absolute Gasteiger partial charge is 0.159 e. The molecule has 0 aliphatic carbocycles. The molecule has 2 aromatic carbocycles. The summed E-state index contributed by atoms with van der Waals surface area (Å²) in [5, 5.41) is 1.09. The molecule has 2 nitrogen and oxygen atoms in total. The van der Waals surface area contributed by atoms with Crippen LogP contribution in [0.4, 0.5) is 0 Å². The summed E-state index contributed by atoms with van der Waals surface area (Å²) >= 11 is 0. The fourth-order valence-corrected chi connectivity index (χ4v) is 1.93. The minimum atomic E-state index is 0.785. The van der Waals surface area contributed by atoms with Crippen molar-refractivity contribution in [3.63, 3.8) is 0 Å². The van der Waals surface area contributed by atoms with E-state index in [1.54, 1.807) is 0 Å². The van der Waals surface area contributed by atoms with Crippen LogP contribution in [0.3, 0.4) is 0 Å². The van der Waals surface area contributed by atoms with E-state index in [1.807, 2.05) is 48.7 Å². The number of aryl methyl sites for hydroxylation is 1. The first-order valence-corrected chi connectivity index (χ1v) is 5.62. The van der Waals surface area contributed by atoms with E-state index < -0.39 is 0 Å². The van der Waals surface area contributed by atoms with E-state index in [1.165, 1.54) is 5.56 Å². The van der Waals surface area contributed by atoms with E-state index in [-0.39, 0.29) is 0 Å². The highest BCUT2D eigenvalue weighted by molar-refractivity contribution is 5.82. The lowest BCUT2D eigenvalue weighted by molar-refractivity contribution is 1.22. The van der Waals surface area contributed by atoms with Crippen LogP contribution in [0.25, 0.3) is 22.3 Å². The van der Waals surface area contributed by atoms with Crippen molar-refractivity contribution in [3.05, 3.63) is 60.3 Å². The monoisotopic (exact) mass is 220 g/mol. The molecule has 0 spiro atoms. The Kier molecular flexibility index (Phi) is 2.33. The first-order valence-electron chi connectivity index (χ1n) is 5.62. The van der Waals surface area contributed by atoms with Crippen molar-refractivity contribution in [1.82, 2.24) is 9.97 Å². The van der Waals surface area contributed by atoms with E-state index in [0.717, 1.165) is 22.3 Å². The predicted octanol–water partition coefficient (Wildman–Crippen LogP) is 3.61. The van der Waals surface area contributed by atoms with E-state index >= 15 is 0 Å². The number of nitrogens with zero attached hydrogens (tertiary/aromatic N) is 2. The van der Waals surface area contributed by atoms with Gasteiger partial charge in [0.1, 0.15) is 0 Å². The zero-order chi connectivity index (χ0) is 11.7. The van der Waals surface area contributed by atoms with Gasteiger partial charge in [0.2, 0.25) is 0 Å². The largest absolute Gasteiger partial charge is 0.236 e. The van der Waals surface area contributed by atoms with E-state index in [9.17, 15) is 0 Å². The molecule has 17 heavy (non-hydrogen) atoms. The average Bonchev–Trinajstić information content (AvgIpc) is 2.40. The van der Waals surface area contributed by atoms with Gasteiger partial charge in [0, 0.05) is 17.1 Å². The summed E-state index contributed by atoms with van der Waals surface area (Å²) in [5.41, 5.74) is 3.26. The van der Waals surface area contributed by atoms with Gasteiger partial charge in [-0.2, -0.15) is 0 Å². The average molecular weight is 220 g/mol. The Balaban J connectivity index is 2.23. The quantitative estimate of drug-likeness (QED) is 0.626. The van der Waals surface area contributed by atoms with Crippen LogP contribution in [-0.4, -0.2) is 9.97 Å². The maximum atomic E-state index is 4.63. The van der Waals surface area contributed by atoms with Gasteiger partial charge in [0.25, 0.3) is 0 Å². The summed E-state index contributed by atoms with van der Waals surface area (Å²) in [6, 6.07) is 16.2. The van der Waals surface area contributed by atoms with Crippen molar-refractivity contribution >= 4 is 10.9 Å². The topological polar surface area (TPSA) is 25.8 Å². The third-order valence-electron chi connectivity index (χ3n) is 2.84. The molecule has 0 saturated heterocycles. The molecule has 0 unspecified atom stereocenters. The fraction of sp³-hybridized carbons (Fsp3) is 0.0667. The van der Waals surface area contributed by atoms with Gasteiger partial charge in [0.15, 0.2) is 5.82 Å². The third kappa shape index (κ3) is 1.78. The van der Waals surface area contributed by atoms with Crippen molar-refractivity contribution in [2.75, 3.05) is 0 Å². The summed E-state index contributed by atoms with van der Waals surface area (Å²) in [7, 11) is 0. The van der Waals surface area contributed by atoms with Crippen molar-refractivity contribution in [3.8, 4) is 11.4 Å². The van der Waals surface area contributed by atoms with Gasteiger partial charge in [-0.05, 0) is 12.5 Å². The van der Waals surface area contributed by atoms with Gasteiger partial charge in [-0.3, -0.25) is 0 Å². The minimum absolute atomic E-state index is 0.785. The summed E-state index contributed by atoms with van der Waals surface area (Å²) in [6.07, 6.45) is 1.89. The number of hydrogen-bond donors (Lipinski definition) is 0. The molecular formula is C15H12N2. The van der Waals surface area contributed by atoms with E-state index in [2.05, 4.69) is 23.0 Å². The molecule has 0 saturated carbocycles. The SMILES string of the molecule is Cc1cccc2cnc(-c3ccccc3)nc12. The molecule has 1 heterocycles. The Bertz CT molecular complexity index is 660. The molecule has 3 aromatic rings. The number of aromatic nitrogens is 2. The van der Waals surface area contributed by atoms with Crippen LogP contribution in [0.1, 0.15) is 5.56 Å². The number of rotatable bonds is 1. The Hall–Kier alpha value is -2.22. The lowest BCUT2D eigenvalue weighted by Crippen LogP contribution is -1.91. The van der Waals surface area contributed by atoms with Gasteiger partial charge < -0.3 is 0 Å². The standard InChI is InChI=1S/C15H12N2/c1-11-6-5-9-13-10-16-15(17-14(11)13)12-7-3-2-4-8-12/h2-10H,1H3. The highest BCUT2D eigenvalue weighted by atomic mass is 14.9. The maximum absolute atomic E-state index is 4.63. The number of para-hydroxylation sites is 1. The van der Waals surface area contributed by atoms with Gasteiger partial charge >= 0.3 is 0 Å². The molecule has 0 aliphatic rings. The Labute approximate surface area is 100.0 Å². The number of fused-ring (bicyclic) bond motifs is 1. The van der Waals surface area contributed by atoms with Crippen LogP contribution in [0.15, 0.2) is 54.7 Å². The van der Waals surface area contributed by atoms with Gasteiger partial charge in [-0.15, -0.1) is 0 Å². The molecule has 0 aliphatic heterocycles. The highest BCUT2D eigenvalue weighted by Gasteiger charge is 2.03. The van der Waals surface area contributed by atoms with Crippen molar-refractivity contribution < 1.29 is 0 Å². The molecule has 0 bridgehead atoms. The van der Waals surface area contributed by atoms with Gasteiger partial charge in [-0.1, -0.05) is 48.5 Å². The zero-order valence-electron chi connectivity index (χ0n) is 9.59. The van der Waals surface area contributed by atoms with Gasteiger partial charge in [0.05, 0.1) is 5.52 Å². The summed E-state index contributed by atoms with van der Waals surface area (Å²) in [4.78, 5) is 9.04. The maximum Gasteiger partial charge on any atom is 0.159 e. The lowest BCUT2D eigenvalue weighted by Gasteiger charge is -2.04. The Morgan fingerprint density at radius 3 is 2.53 bits per heavy atom. The molecule has 0 N–H and O–H groups in total. The van der Waals surface area contributed by atoms with Crippen LogP contribution >= 0.6 is 0 Å². The van der Waals surface area contributed by atoms with Gasteiger partial charge in [-0.25, -0.2) is 9.97 Å². The van der Waals surface area contributed by atoms with E-state index in [4.69, 9.17) is 0 Å². The molecule has 0 fully saturated rings. The Morgan fingerprint density at radius 2 is 1.71 bits per heavy atom. The lowest BCUT2D eigenvalue weighted by atomic mass is 10.1. The fourth-order valence-electron chi connectivity index (χ4n) is 1.93. The molecule has 3 rings (SSSR count). The summed E-state index contributed by atoms with van der Waals surface area (Å²) in [5.74, 6) is 0.785. The first-order chi connectivity index (χ1) is 8.34. The van der Waals surface area contributed by atoms with Crippen molar-refractivity contribution in [1.29, 1.82) is 0 Å². The molecule has 1 aromatic heterocycles. The highest BCUT2D eigenvalue weighted by Crippen LogP contribution is 2.20. The predicted molar refractivity (Wildman–Crippen MR) is 69.7 cm³/mol. The Morgan fingerprint density at radius 1 is 0.882 bits per heavy atom. The zero-order valence-corrected chi connectivity index (χ0v) is 9.59. The van der Waals surface area contributed by atoms with Crippen molar-refractivity contribution in [2.24, 2.45) is 0 Å². The van der Waals surface area contributed by atoms with Crippen LogP contribution in [0, 0.1) is 6.92 Å². The minimum Gasteiger partial charge on any atom is -0.236 e.